The van der Waals surface area contributed by atoms with Crippen LogP contribution >= 0.6 is 0 Å². The van der Waals surface area contributed by atoms with Gasteiger partial charge in [-0.05, 0) is 48.6 Å². The van der Waals surface area contributed by atoms with Crippen LogP contribution in [0.15, 0.2) is 54.6 Å². The van der Waals surface area contributed by atoms with Crippen molar-refractivity contribution in [2.75, 3.05) is 6.61 Å². The molecule has 0 bridgehead atoms. The summed E-state index contributed by atoms with van der Waals surface area (Å²) in [5.74, 6) is -0.0222. The topological polar surface area (TPSA) is 46.5 Å². The van der Waals surface area contributed by atoms with Gasteiger partial charge in [0.2, 0.25) is 0 Å². The molecule has 0 atom stereocenters. The van der Waals surface area contributed by atoms with Crippen LogP contribution < -0.4 is 4.74 Å². The van der Waals surface area contributed by atoms with E-state index in [4.69, 9.17) is 9.84 Å². The molecule has 0 amide bonds. The predicted molar refractivity (Wildman–Crippen MR) is 84.7 cm³/mol. The first-order valence-electron chi connectivity index (χ1n) is 7.19. The number of rotatable bonds is 8. The van der Waals surface area contributed by atoms with Crippen molar-refractivity contribution in [1.29, 1.82) is 0 Å². The summed E-state index contributed by atoms with van der Waals surface area (Å²) in [4.78, 5) is 10.6. The maximum atomic E-state index is 10.6. The maximum absolute atomic E-state index is 10.6. The second-order valence-electron chi connectivity index (χ2n) is 5.08. The molecule has 3 nitrogen and oxygen atoms in total. The SMILES string of the molecule is C=C(CCCCCOc1ccc2ccccc2c1)C(=O)O. The van der Waals surface area contributed by atoms with Crippen molar-refractivity contribution >= 4 is 16.7 Å². The van der Waals surface area contributed by atoms with Crippen molar-refractivity contribution < 1.29 is 14.6 Å². The molecule has 0 aromatic heterocycles. The van der Waals surface area contributed by atoms with E-state index in [2.05, 4.69) is 24.8 Å². The minimum Gasteiger partial charge on any atom is -0.494 e. The van der Waals surface area contributed by atoms with Crippen LogP contribution in [0.4, 0.5) is 0 Å². The van der Waals surface area contributed by atoms with E-state index in [0.717, 1.165) is 25.0 Å². The zero-order valence-corrected chi connectivity index (χ0v) is 12.0. The summed E-state index contributed by atoms with van der Waals surface area (Å²) in [5.41, 5.74) is 0.283. The Kier molecular flexibility index (Phi) is 5.38. The molecule has 0 spiro atoms. The van der Waals surface area contributed by atoms with Crippen molar-refractivity contribution in [3.05, 3.63) is 54.6 Å². The lowest BCUT2D eigenvalue weighted by Crippen LogP contribution is -2.00. The van der Waals surface area contributed by atoms with Crippen molar-refractivity contribution in [3.8, 4) is 5.75 Å². The monoisotopic (exact) mass is 284 g/mol. The fourth-order valence-corrected chi connectivity index (χ4v) is 2.17. The Labute approximate surface area is 124 Å². The molecule has 110 valence electrons. The van der Waals surface area contributed by atoms with E-state index < -0.39 is 5.97 Å². The average molecular weight is 284 g/mol. The predicted octanol–water partition coefficient (Wildman–Crippen LogP) is 4.42. The van der Waals surface area contributed by atoms with Crippen LogP contribution in [0, 0.1) is 0 Å². The Bertz CT molecular complexity index is 631. The van der Waals surface area contributed by atoms with Gasteiger partial charge in [0.15, 0.2) is 0 Å². The molecule has 2 aromatic carbocycles. The first kappa shape index (κ1) is 15.1. The molecule has 0 saturated heterocycles. The second-order valence-corrected chi connectivity index (χ2v) is 5.08. The molecule has 0 radical (unpaired) electrons. The number of aliphatic carboxylic acids is 1. The van der Waals surface area contributed by atoms with E-state index in [1.54, 1.807) is 0 Å². The minimum absolute atomic E-state index is 0.283. The Morgan fingerprint density at radius 1 is 1.05 bits per heavy atom. The number of hydrogen-bond acceptors (Lipinski definition) is 2. The number of fused-ring (bicyclic) bond motifs is 1. The van der Waals surface area contributed by atoms with E-state index in [1.807, 2.05) is 24.3 Å². The van der Waals surface area contributed by atoms with Gasteiger partial charge >= 0.3 is 5.97 Å². The third-order valence-electron chi connectivity index (χ3n) is 3.42. The summed E-state index contributed by atoms with van der Waals surface area (Å²) >= 11 is 0. The lowest BCUT2D eigenvalue weighted by atomic mass is 10.1. The molecule has 0 saturated carbocycles. The Hall–Kier alpha value is -2.29. The van der Waals surface area contributed by atoms with E-state index in [0.29, 0.717) is 13.0 Å². The Balaban J connectivity index is 1.70. The molecule has 0 aliphatic carbocycles. The van der Waals surface area contributed by atoms with Gasteiger partial charge in [0, 0.05) is 5.57 Å². The average Bonchev–Trinajstić information content (AvgIpc) is 2.50. The summed E-state index contributed by atoms with van der Waals surface area (Å²) in [6, 6.07) is 14.3. The molecule has 0 aliphatic heterocycles. The standard InChI is InChI=1S/C18H20O3/c1-14(18(19)20)7-3-2-6-12-21-17-11-10-15-8-4-5-9-16(15)13-17/h4-5,8-11,13H,1-3,6-7,12H2,(H,19,20). The number of unbranched alkanes of at least 4 members (excludes halogenated alkanes) is 2. The fourth-order valence-electron chi connectivity index (χ4n) is 2.17. The zero-order chi connectivity index (χ0) is 15.1. The first-order chi connectivity index (χ1) is 10.2. The van der Waals surface area contributed by atoms with Gasteiger partial charge < -0.3 is 9.84 Å². The van der Waals surface area contributed by atoms with Gasteiger partial charge in [-0.3, -0.25) is 0 Å². The molecule has 0 aliphatic rings. The summed E-state index contributed by atoms with van der Waals surface area (Å²) in [7, 11) is 0. The number of carboxylic acid groups (broad SMARTS) is 1. The lowest BCUT2D eigenvalue weighted by molar-refractivity contribution is -0.132. The minimum atomic E-state index is -0.901. The third kappa shape index (κ3) is 4.63. The smallest absolute Gasteiger partial charge is 0.330 e. The van der Waals surface area contributed by atoms with Gasteiger partial charge in [0.1, 0.15) is 5.75 Å². The summed E-state index contributed by atoms with van der Waals surface area (Å²) in [5, 5.41) is 11.1. The van der Waals surface area contributed by atoms with Crippen LogP contribution in [0.3, 0.4) is 0 Å². The lowest BCUT2D eigenvalue weighted by Gasteiger charge is -2.07. The number of ether oxygens (including phenoxy) is 1. The number of carboxylic acids is 1. The number of carbonyl (C=O) groups is 1. The Morgan fingerprint density at radius 3 is 2.57 bits per heavy atom. The van der Waals surface area contributed by atoms with Crippen molar-refractivity contribution in [2.45, 2.75) is 25.7 Å². The molecule has 2 aromatic rings. The summed E-state index contributed by atoms with van der Waals surface area (Å²) < 4.78 is 5.73. The molecule has 1 N–H and O–H groups in total. The Morgan fingerprint density at radius 2 is 1.81 bits per heavy atom. The molecular formula is C18H20O3. The molecule has 0 heterocycles. The molecule has 0 fully saturated rings. The highest BCUT2D eigenvalue weighted by atomic mass is 16.5. The molecule has 3 heteroatoms. The maximum Gasteiger partial charge on any atom is 0.330 e. The van der Waals surface area contributed by atoms with Gasteiger partial charge in [0.05, 0.1) is 6.61 Å². The molecule has 21 heavy (non-hydrogen) atoms. The third-order valence-corrected chi connectivity index (χ3v) is 3.42. The summed E-state index contributed by atoms with van der Waals surface area (Å²) in [6.07, 6.45) is 3.25. The number of benzene rings is 2. The van der Waals surface area contributed by atoms with Crippen LogP contribution in [0.25, 0.3) is 10.8 Å². The summed E-state index contributed by atoms with van der Waals surface area (Å²) in [6.45, 7) is 4.17. The van der Waals surface area contributed by atoms with Crippen LogP contribution in [-0.2, 0) is 4.79 Å². The normalized spacial score (nSPS) is 10.5. The largest absolute Gasteiger partial charge is 0.494 e. The first-order valence-corrected chi connectivity index (χ1v) is 7.19. The van der Waals surface area contributed by atoms with E-state index >= 15 is 0 Å². The van der Waals surface area contributed by atoms with Crippen LogP contribution in [0.1, 0.15) is 25.7 Å². The van der Waals surface area contributed by atoms with Crippen molar-refractivity contribution in [1.82, 2.24) is 0 Å². The van der Waals surface area contributed by atoms with Crippen molar-refractivity contribution in [3.63, 3.8) is 0 Å². The van der Waals surface area contributed by atoms with E-state index in [-0.39, 0.29) is 5.57 Å². The van der Waals surface area contributed by atoms with E-state index in [9.17, 15) is 4.79 Å². The van der Waals surface area contributed by atoms with Crippen molar-refractivity contribution in [2.24, 2.45) is 0 Å². The van der Waals surface area contributed by atoms with Gasteiger partial charge in [-0.25, -0.2) is 4.79 Å². The van der Waals surface area contributed by atoms with Crippen LogP contribution in [0.5, 0.6) is 5.75 Å². The van der Waals surface area contributed by atoms with Gasteiger partial charge in [-0.1, -0.05) is 36.9 Å². The van der Waals surface area contributed by atoms with Gasteiger partial charge in [-0.15, -0.1) is 0 Å². The highest BCUT2D eigenvalue weighted by molar-refractivity contribution is 5.85. The van der Waals surface area contributed by atoms with Crippen LogP contribution in [0.2, 0.25) is 0 Å². The molecular weight excluding hydrogens is 264 g/mol. The van der Waals surface area contributed by atoms with Gasteiger partial charge in [-0.2, -0.15) is 0 Å². The van der Waals surface area contributed by atoms with Crippen LogP contribution in [-0.4, -0.2) is 17.7 Å². The molecule has 0 unspecified atom stereocenters. The fraction of sp³-hybridized carbons (Fsp3) is 0.278. The zero-order valence-electron chi connectivity index (χ0n) is 12.0. The number of hydrogen-bond donors (Lipinski definition) is 1. The van der Waals surface area contributed by atoms with Gasteiger partial charge in [0.25, 0.3) is 0 Å². The van der Waals surface area contributed by atoms with E-state index in [1.165, 1.54) is 10.8 Å². The second kappa shape index (κ2) is 7.48. The highest BCUT2D eigenvalue weighted by Crippen LogP contribution is 2.20. The molecule has 2 rings (SSSR count). The highest BCUT2D eigenvalue weighted by Gasteiger charge is 2.03. The quantitative estimate of drug-likeness (QED) is 0.576.